The Morgan fingerprint density at radius 1 is 1.03 bits per heavy atom. The second kappa shape index (κ2) is 8.33. The van der Waals surface area contributed by atoms with Crippen molar-refractivity contribution in [3.8, 4) is 0 Å². The number of hydrogen-bond acceptors (Lipinski definition) is 6. The van der Waals surface area contributed by atoms with Crippen LogP contribution < -0.4 is 10.6 Å². The number of aryl methyl sites for hydroxylation is 2. The first-order valence-corrected chi connectivity index (χ1v) is 8.89. The Hall–Kier alpha value is -4.02. The summed E-state index contributed by atoms with van der Waals surface area (Å²) in [5.41, 5.74) is 0.718. The number of aromatic nitrogens is 4. The van der Waals surface area contributed by atoms with Crippen molar-refractivity contribution in [2.24, 2.45) is 0 Å². The number of hydrogen-bond donors (Lipinski definition) is 2. The first-order chi connectivity index (χ1) is 13.9. The summed E-state index contributed by atoms with van der Waals surface area (Å²) in [5, 5.41) is 24.4. The third-order valence-electron chi connectivity index (χ3n) is 4.16. The van der Waals surface area contributed by atoms with Gasteiger partial charge < -0.3 is 10.6 Å². The molecule has 0 aliphatic carbocycles. The quantitative estimate of drug-likeness (QED) is 0.464. The lowest BCUT2D eigenvalue weighted by atomic mass is 10.2. The summed E-state index contributed by atoms with van der Waals surface area (Å²) >= 11 is 0. The van der Waals surface area contributed by atoms with E-state index in [0.717, 1.165) is 6.20 Å². The molecular weight excluding hydrogens is 378 g/mol. The van der Waals surface area contributed by atoms with Crippen molar-refractivity contribution in [1.29, 1.82) is 0 Å². The molecule has 0 radical (unpaired) electrons. The van der Waals surface area contributed by atoms with E-state index in [1.54, 1.807) is 48.1 Å². The molecule has 2 aromatic heterocycles. The van der Waals surface area contributed by atoms with Gasteiger partial charge in [0.05, 0.1) is 4.92 Å². The lowest BCUT2D eigenvalue weighted by molar-refractivity contribution is -0.385. The molecule has 11 heteroatoms. The summed E-state index contributed by atoms with van der Waals surface area (Å²) in [4.78, 5) is 35.6. The molecule has 2 heterocycles. The number of rotatable bonds is 7. The molecule has 0 fully saturated rings. The van der Waals surface area contributed by atoms with E-state index in [9.17, 15) is 19.7 Å². The Morgan fingerprint density at radius 3 is 2.31 bits per heavy atom. The van der Waals surface area contributed by atoms with Gasteiger partial charge in [-0.2, -0.15) is 10.2 Å². The van der Waals surface area contributed by atoms with Crippen molar-refractivity contribution in [3.05, 3.63) is 64.2 Å². The maximum absolute atomic E-state index is 12.6. The lowest BCUT2D eigenvalue weighted by Crippen LogP contribution is -2.19. The van der Waals surface area contributed by atoms with Crippen molar-refractivity contribution in [1.82, 2.24) is 19.6 Å². The fraction of sp³-hybridized carbons (Fsp3) is 0.222. The van der Waals surface area contributed by atoms with Crippen LogP contribution in [0.3, 0.4) is 0 Å². The van der Waals surface area contributed by atoms with E-state index < -0.39 is 10.8 Å². The van der Waals surface area contributed by atoms with Gasteiger partial charge in [0.2, 0.25) is 5.69 Å². The summed E-state index contributed by atoms with van der Waals surface area (Å²) in [7, 11) is 0. The van der Waals surface area contributed by atoms with E-state index in [4.69, 9.17) is 0 Å². The van der Waals surface area contributed by atoms with E-state index in [1.807, 2.05) is 6.92 Å². The van der Waals surface area contributed by atoms with Gasteiger partial charge in [0.25, 0.3) is 11.8 Å². The Labute approximate surface area is 165 Å². The average Bonchev–Trinajstić information content (AvgIpc) is 3.34. The molecule has 0 unspecified atom stereocenters. The Morgan fingerprint density at radius 2 is 1.69 bits per heavy atom. The molecule has 0 bridgehead atoms. The van der Waals surface area contributed by atoms with Crippen LogP contribution in [0.5, 0.6) is 0 Å². The van der Waals surface area contributed by atoms with Gasteiger partial charge in [0.15, 0.2) is 0 Å². The monoisotopic (exact) mass is 397 g/mol. The normalized spacial score (nSPS) is 10.6. The standard InChI is InChI=1S/C18H19N7O4/c1-3-23-14(8-9-19-23)17(26)21-12-6-5-7-13(10-12)22-18(27)16-15(25(28)29)11-20-24(16)4-2/h5-11H,3-4H2,1-2H3,(H,21,26)(H,22,27). The number of amides is 2. The maximum Gasteiger partial charge on any atom is 0.320 e. The minimum atomic E-state index is -0.663. The van der Waals surface area contributed by atoms with E-state index in [-0.39, 0.29) is 17.3 Å². The smallest absolute Gasteiger partial charge is 0.320 e. The third kappa shape index (κ3) is 4.13. The number of carbonyl (C=O) groups is 2. The van der Waals surface area contributed by atoms with Crippen molar-refractivity contribution in [2.75, 3.05) is 10.6 Å². The average molecular weight is 397 g/mol. The molecule has 0 aliphatic rings. The number of nitrogens with one attached hydrogen (secondary N) is 2. The van der Waals surface area contributed by atoms with Crippen LogP contribution in [0.4, 0.5) is 17.1 Å². The van der Waals surface area contributed by atoms with Crippen molar-refractivity contribution in [3.63, 3.8) is 0 Å². The minimum absolute atomic E-state index is 0.140. The Kier molecular flexibility index (Phi) is 5.67. The molecule has 0 saturated carbocycles. The largest absolute Gasteiger partial charge is 0.321 e. The summed E-state index contributed by atoms with van der Waals surface area (Å²) in [6.07, 6.45) is 2.59. The zero-order chi connectivity index (χ0) is 21.0. The van der Waals surface area contributed by atoms with Gasteiger partial charge in [0, 0.05) is 30.7 Å². The molecule has 0 spiro atoms. The van der Waals surface area contributed by atoms with Crippen LogP contribution in [0.15, 0.2) is 42.7 Å². The summed E-state index contributed by atoms with van der Waals surface area (Å²) < 4.78 is 2.82. The van der Waals surface area contributed by atoms with Crippen molar-refractivity contribution >= 4 is 28.9 Å². The summed E-state index contributed by atoms with van der Waals surface area (Å²) in [5.74, 6) is -1.00. The Bertz CT molecular complexity index is 1070. The maximum atomic E-state index is 12.6. The van der Waals surface area contributed by atoms with Gasteiger partial charge in [-0.05, 0) is 38.1 Å². The number of nitro groups is 1. The highest BCUT2D eigenvalue weighted by molar-refractivity contribution is 6.07. The SMILES string of the molecule is CCn1nccc1C(=O)Nc1cccc(NC(=O)c2c([N+](=O)[O-])cnn2CC)c1. The second-order valence-electron chi connectivity index (χ2n) is 5.97. The summed E-state index contributed by atoms with van der Waals surface area (Å²) in [6.45, 7) is 4.46. The molecular formula is C18H19N7O4. The summed E-state index contributed by atoms with van der Waals surface area (Å²) in [6, 6.07) is 8.09. The highest BCUT2D eigenvalue weighted by atomic mass is 16.6. The van der Waals surface area contributed by atoms with Gasteiger partial charge in [0.1, 0.15) is 11.9 Å². The highest BCUT2D eigenvalue weighted by Gasteiger charge is 2.26. The van der Waals surface area contributed by atoms with Crippen LogP contribution in [-0.4, -0.2) is 36.3 Å². The molecule has 2 N–H and O–H groups in total. The minimum Gasteiger partial charge on any atom is -0.321 e. The van der Waals surface area contributed by atoms with Gasteiger partial charge in [-0.3, -0.25) is 29.1 Å². The molecule has 2 amide bonds. The molecule has 0 saturated heterocycles. The number of benzene rings is 1. The molecule has 11 nitrogen and oxygen atoms in total. The van der Waals surface area contributed by atoms with Crippen LogP contribution in [0.2, 0.25) is 0 Å². The molecule has 150 valence electrons. The van der Waals surface area contributed by atoms with Crippen LogP contribution in [0.1, 0.15) is 34.8 Å². The lowest BCUT2D eigenvalue weighted by Gasteiger charge is -2.10. The van der Waals surface area contributed by atoms with Crippen LogP contribution >= 0.6 is 0 Å². The van der Waals surface area contributed by atoms with Gasteiger partial charge in [-0.15, -0.1) is 0 Å². The first kappa shape index (κ1) is 19.7. The van der Waals surface area contributed by atoms with Crippen molar-refractivity contribution in [2.45, 2.75) is 26.9 Å². The zero-order valence-electron chi connectivity index (χ0n) is 15.8. The molecule has 3 rings (SSSR count). The van der Waals surface area contributed by atoms with E-state index in [1.165, 1.54) is 4.68 Å². The fourth-order valence-electron chi connectivity index (χ4n) is 2.82. The third-order valence-corrected chi connectivity index (χ3v) is 4.16. The van der Waals surface area contributed by atoms with Gasteiger partial charge >= 0.3 is 5.69 Å². The molecule has 0 atom stereocenters. The van der Waals surface area contributed by atoms with E-state index in [2.05, 4.69) is 20.8 Å². The Balaban J connectivity index is 1.78. The van der Waals surface area contributed by atoms with E-state index in [0.29, 0.717) is 30.2 Å². The van der Waals surface area contributed by atoms with Gasteiger partial charge in [-0.1, -0.05) is 6.07 Å². The molecule has 0 aliphatic heterocycles. The fourth-order valence-corrected chi connectivity index (χ4v) is 2.82. The zero-order valence-corrected chi connectivity index (χ0v) is 15.8. The highest BCUT2D eigenvalue weighted by Crippen LogP contribution is 2.21. The number of nitrogens with zero attached hydrogens (tertiary/aromatic N) is 5. The number of carbonyl (C=O) groups excluding carboxylic acids is 2. The molecule has 1 aromatic carbocycles. The topological polar surface area (TPSA) is 137 Å². The van der Waals surface area contributed by atoms with Crippen LogP contribution in [0, 0.1) is 10.1 Å². The number of anilines is 2. The van der Waals surface area contributed by atoms with E-state index >= 15 is 0 Å². The van der Waals surface area contributed by atoms with Crippen LogP contribution in [0.25, 0.3) is 0 Å². The van der Waals surface area contributed by atoms with Crippen molar-refractivity contribution < 1.29 is 14.5 Å². The predicted octanol–water partition coefficient (Wildman–Crippen LogP) is 2.53. The first-order valence-electron chi connectivity index (χ1n) is 8.89. The van der Waals surface area contributed by atoms with Gasteiger partial charge in [-0.25, -0.2) is 0 Å². The second-order valence-corrected chi connectivity index (χ2v) is 5.97. The van der Waals surface area contributed by atoms with Crippen LogP contribution in [-0.2, 0) is 13.1 Å². The molecule has 29 heavy (non-hydrogen) atoms. The molecule has 3 aromatic rings. The predicted molar refractivity (Wildman–Crippen MR) is 105 cm³/mol.